The van der Waals surface area contributed by atoms with E-state index in [-0.39, 0.29) is 17.0 Å². The van der Waals surface area contributed by atoms with Crippen LogP contribution in [0.5, 0.6) is 0 Å². The van der Waals surface area contributed by atoms with E-state index in [0.29, 0.717) is 22.3 Å². The minimum Gasteiger partial charge on any atom is -0.289 e. The van der Waals surface area contributed by atoms with E-state index in [0.717, 1.165) is 11.1 Å². The summed E-state index contributed by atoms with van der Waals surface area (Å²) in [4.78, 5) is 25.6. The van der Waals surface area contributed by atoms with Gasteiger partial charge in [0.15, 0.2) is 11.6 Å². The van der Waals surface area contributed by atoms with Crippen molar-refractivity contribution >= 4 is 11.6 Å². The fraction of sp³-hybridized carbons (Fsp3) is 0.263. The molecule has 0 spiro atoms. The molecule has 0 saturated carbocycles. The van der Waals surface area contributed by atoms with Crippen LogP contribution in [0.4, 0.5) is 0 Å². The van der Waals surface area contributed by atoms with Crippen molar-refractivity contribution in [3.8, 4) is 0 Å². The quantitative estimate of drug-likeness (QED) is 0.621. The zero-order valence-electron chi connectivity index (χ0n) is 12.8. The maximum Gasteiger partial charge on any atom is 0.194 e. The molecule has 3 rings (SSSR count). The standard InChI is InChI=1S/C19H18O2/c1-11-9-10-14-15(16(11)19(2,3)4)18(21)13-8-6-5-7-12(13)17(14)20/h5-10H,1-4H3. The Balaban J connectivity index is 2.39. The maximum atomic E-state index is 12.9. The summed E-state index contributed by atoms with van der Waals surface area (Å²) in [5.41, 5.74) is 4.01. The number of aryl methyl sites for hydroxylation is 1. The molecule has 0 radical (unpaired) electrons. The van der Waals surface area contributed by atoms with Crippen LogP contribution in [0, 0.1) is 6.92 Å². The lowest BCUT2D eigenvalue weighted by molar-refractivity contribution is 0.0977. The van der Waals surface area contributed by atoms with Gasteiger partial charge in [-0.15, -0.1) is 0 Å². The molecule has 0 saturated heterocycles. The average Bonchev–Trinajstić information content (AvgIpc) is 2.43. The second-order valence-electron chi connectivity index (χ2n) is 6.63. The van der Waals surface area contributed by atoms with E-state index in [1.807, 2.05) is 19.1 Å². The first-order valence-corrected chi connectivity index (χ1v) is 7.15. The van der Waals surface area contributed by atoms with Crippen LogP contribution in [0.3, 0.4) is 0 Å². The highest BCUT2D eigenvalue weighted by molar-refractivity contribution is 6.29. The summed E-state index contributed by atoms with van der Waals surface area (Å²) in [5, 5.41) is 0. The van der Waals surface area contributed by atoms with Crippen LogP contribution in [0.2, 0.25) is 0 Å². The first kappa shape index (κ1) is 13.7. The van der Waals surface area contributed by atoms with E-state index < -0.39 is 0 Å². The van der Waals surface area contributed by atoms with Crippen LogP contribution in [-0.4, -0.2) is 11.6 Å². The first-order valence-electron chi connectivity index (χ1n) is 7.15. The fourth-order valence-corrected chi connectivity index (χ4v) is 3.26. The van der Waals surface area contributed by atoms with Gasteiger partial charge >= 0.3 is 0 Å². The molecule has 0 N–H and O–H groups in total. The SMILES string of the molecule is Cc1ccc2c(c1C(C)(C)C)C(=O)c1ccccc1C2=O. The van der Waals surface area contributed by atoms with Gasteiger partial charge in [-0.25, -0.2) is 0 Å². The number of hydrogen-bond acceptors (Lipinski definition) is 2. The van der Waals surface area contributed by atoms with Gasteiger partial charge in [-0.2, -0.15) is 0 Å². The van der Waals surface area contributed by atoms with Crippen LogP contribution in [0.25, 0.3) is 0 Å². The molecule has 0 aromatic heterocycles. The summed E-state index contributed by atoms with van der Waals surface area (Å²) in [5.74, 6) is -0.0838. The van der Waals surface area contributed by atoms with Crippen molar-refractivity contribution in [2.24, 2.45) is 0 Å². The van der Waals surface area contributed by atoms with E-state index in [1.54, 1.807) is 24.3 Å². The van der Waals surface area contributed by atoms with Crippen molar-refractivity contribution in [3.05, 3.63) is 69.8 Å². The number of rotatable bonds is 0. The highest BCUT2D eigenvalue weighted by Crippen LogP contribution is 2.36. The highest BCUT2D eigenvalue weighted by Gasteiger charge is 2.34. The van der Waals surface area contributed by atoms with Crippen LogP contribution < -0.4 is 0 Å². The number of benzene rings is 2. The van der Waals surface area contributed by atoms with Crippen molar-refractivity contribution in [2.75, 3.05) is 0 Å². The molecule has 0 aliphatic heterocycles. The van der Waals surface area contributed by atoms with E-state index in [4.69, 9.17) is 0 Å². The molecule has 2 aromatic carbocycles. The van der Waals surface area contributed by atoms with E-state index >= 15 is 0 Å². The van der Waals surface area contributed by atoms with Crippen molar-refractivity contribution in [1.29, 1.82) is 0 Å². The molecule has 1 aliphatic carbocycles. The molecule has 0 unspecified atom stereocenters. The fourth-order valence-electron chi connectivity index (χ4n) is 3.26. The van der Waals surface area contributed by atoms with E-state index in [2.05, 4.69) is 20.8 Å². The number of hydrogen-bond donors (Lipinski definition) is 0. The van der Waals surface area contributed by atoms with E-state index in [1.165, 1.54) is 0 Å². The minimum atomic E-state index is -0.183. The normalized spacial score (nSPS) is 13.9. The Hall–Kier alpha value is -2.22. The Labute approximate surface area is 124 Å². The zero-order chi connectivity index (χ0) is 15.4. The van der Waals surface area contributed by atoms with Crippen molar-refractivity contribution in [3.63, 3.8) is 0 Å². The van der Waals surface area contributed by atoms with Gasteiger partial charge in [-0.05, 0) is 23.5 Å². The molecule has 2 aromatic rings. The maximum absolute atomic E-state index is 12.9. The van der Waals surface area contributed by atoms with Gasteiger partial charge in [-0.3, -0.25) is 9.59 Å². The molecule has 0 amide bonds. The predicted octanol–water partition coefficient (Wildman–Crippen LogP) is 4.07. The molecule has 0 bridgehead atoms. The Bertz CT molecular complexity index is 777. The Kier molecular flexibility index (Phi) is 2.87. The molecule has 21 heavy (non-hydrogen) atoms. The van der Waals surface area contributed by atoms with Gasteiger partial charge in [0.25, 0.3) is 0 Å². The summed E-state index contributed by atoms with van der Waals surface area (Å²) in [7, 11) is 0. The molecular formula is C19H18O2. The zero-order valence-corrected chi connectivity index (χ0v) is 12.8. The van der Waals surface area contributed by atoms with Crippen molar-refractivity contribution in [2.45, 2.75) is 33.1 Å². The second-order valence-corrected chi connectivity index (χ2v) is 6.63. The Morgan fingerprint density at radius 3 is 1.90 bits per heavy atom. The second kappa shape index (κ2) is 4.39. The number of fused-ring (bicyclic) bond motifs is 2. The average molecular weight is 278 g/mol. The van der Waals surface area contributed by atoms with Gasteiger partial charge in [0, 0.05) is 22.3 Å². The Morgan fingerprint density at radius 2 is 1.33 bits per heavy atom. The lowest BCUT2D eigenvalue weighted by Crippen LogP contribution is -2.27. The van der Waals surface area contributed by atoms with Crippen LogP contribution in [0.15, 0.2) is 36.4 Å². The molecule has 0 heterocycles. The Morgan fingerprint density at radius 1 is 0.762 bits per heavy atom. The summed E-state index contributed by atoms with van der Waals surface area (Å²) in [6.45, 7) is 8.23. The van der Waals surface area contributed by atoms with Crippen molar-refractivity contribution < 1.29 is 9.59 Å². The summed E-state index contributed by atoms with van der Waals surface area (Å²) in [6, 6.07) is 10.8. The third kappa shape index (κ3) is 1.94. The third-order valence-electron chi connectivity index (χ3n) is 4.05. The smallest absolute Gasteiger partial charge is 0.194 e. The van der Waals surface area contributed by atoms with Gasteiger partial charge < -0.3 is 0 Å². The number of carbonyl (C=O) groups excluding carboxylic acids is 2. The van der Waals surface area contributed by atoms with E-state index in [9.17, 15) is 9.59 Å². The lowest BCUT2D eigenvalue weighted by atomic mass is 9.73. The monoisotopic (exact) mass is 278 g/mol. The van der Waals surface area contributed by atoms with Crippen LogP contribution in [-0.2, 0) is 5.41 Å². The topological polar surface area (TPSA) is 34.1 Å². The summed E-state index contributed by atoms with van der Waals surface area (Å²) < 4.78 is 0. The first-order chi connectivity index (χ1) is 9.82. The van der Waals surface area contributed by atoms with Crippen LogP contribution in [0.1, 0.15) is 63.7 Å². The summed E-state index contributed by atoms with van der Waals surface area (Å²) >= 11 is 0. The molecule has 2 heteroatoms. The van der Waals surface area contributed by atoms with Gasteiger partial charge in [0.1, 0.15) is 0 Å². The van der Waals surface area contributed by atoms with Crippen molar-refractivity contribution in [1.82, 2.24) is 0 Å². The van der Waals surface area contributed by atoms with Gasteiger partial charge in [0.05, 0.1) is 0 Å². The predicted molar refractivity (Wildman–Crippen MR) is 83.2 cm³/mol. The third-order valence-corrected chi connectivity index (χ3v) is 4.05. The summed E-state index contributed by atoms with van der Waals surface area (Å²) in [6.07, 6.45) is 0. The van der Waals surface area contributed by atoms with Gasteiger partial charge in [0.2, 0.25) is 0 Å². The molecule has 1 aliphatic rings. The molecule has 0 atom stereocenters. The number of ketones is 2. The highest BCUT2D eigenvalue weighted by atomic mass is 16.1. The molecule has 106 valence electrons. The number of carbonyl (C=O) groups is 2. The largest absolute Gasteiger partial charge is 0.289 e. The van der Waals surface area contributed by atoms with Gasteiger partial charge in [-0.1, -0.05) is 57.2 Å². The van der Waals surface area contributed by atoms with Crippen LogP contribution >= 0.6 is 0 Å². The molecule has 0 fully saturated rings. The minimum absolute atomic E-state index is 0.0335. The molecule has 2 nitrogen and oxygen atoms in total. The lowest BCUT2D eigenvalue weighted by Gasteiger charge is -2.28. The molecular weight excluding hydrogens is 260 g/mol.